The van der Waals surface area contributed by atoms with E-state index in [1.807, 2.05) is 20.8 Å². The molecule has 1 heterocycles. The van der Waals surface area contributed by atoms with Crippen molar-refractivity contribution in [1.29, 1.82) is 0 Å². The van der Waals surface area contributed by atoms with Crippen molar-refractivity contribution in [2.45, 2.75) is 51.4 Å². The smallest absolute Gasteiger partial charge is 0.407 e. The number of hydrogen-bond donors (Lipinski definition) is 1. The number of halogens is 1. The second-order valence-electron chi connectivity index (χ2n) is 7.24. The molecule has 1 amide bonds. The number of methoxy groups -OCH3 is 1. The van der Waals surface area contributed by atoms with Gasteiger partial charge in [0.25, 0.3) is 0 Å². The van der Waals surface area contributed by atoms with Gasteiger partial charge in [-0.1, -0.05) is 11.6 Å². The molecule has 0 radical (unpaired) electrons. The van der Waals surface area contributed by atoms with E-state index in [0.29, 0.717) is 40.4 Å². The molecule has 3 rings (SSSR count). The molecule has 1 fully saturated rings. The first-order valence-corrected chi connectivity index (χ1v) is 8.77. The van der Waals surface area contributed by atoms with Crippen molar-refractivity contribution < 1.29 is 19.0 Å². The number of rotatable bonds is 4. The van der Waals surface area contributed by atoms with Gasteiger partial charge in [-0.3, -0.25) is 0 Å². The molecule has 0 spiro atoms. The summed E-state index contributed by atoms with van der Waals surface area (Å²) in [7, 11) is 1.57. The molecule has 26 heavy (non-hydrogen) atoms. The van der Waals surface area contributed by atoms with Crippen molar-refractivity contribution in [2.24, 2.45) is 0 Å². The zero-order valence-electron chi connectivity index (χ0n) is 15.2. The first-order chi connectivity index (χ1) is 12.2. The second-order valence-corrected chi connectivity index (χ2v) is 7.60. The van der Waals surface area contributed by atoms with Gasteiger partial charge in [0.2, 0.25) is 0 Å². The quantitative estimate of drug-likeness (QED) is 0.815. The fourth-order valence-corrected chi connectivity index (χ4v) is 2.91. The Morgan fingerprint density at radius 2 is 1.96 bits per heavy atom. The van der Waals surface area contributed by atoms with E-state index in [4.69, 9.17) is 25.8 Å². The second kappa shape index (κ2) is 7.15. The Morgan fingerprint density at radius 1 is 1.23 bits per heavy atom. The van der Waals surface area contributed by atoms with Crippen molar-refractivity contribution in [2.75, 3.05) is 7.11 Å². The minimum absolute atomic E-state index is 0.0234. The minimum Gasteiger partial charge on any atom is -0.493 e. The lowest BCUT2D eigenvalue weighted by Gasteiger charge is -2.36. The van der Waals surface area contributed by atoms with Gasteiger partial charge in [0.15, 0.2) is 11.5 Å². The molecule has 0 unspecified atom stereocenters. The topological polar surface area (TPSA) is 82.6 Å². The third-order valence-corrected chi connectivity index (χ3v) is 4.28. The van der Waals surface area contributed by atoms with Crippen molar-refractivity contribution in [3.05, 3.63) is 23.6 Å². The van der Waals surface area contributed by atoms with E-state index in [2.05, 4.69) is 15.3 Å². The molecule has 7 nitrogen and oxygen atoms in total. The fourth-order valence-electron chi connectivity index (χ4n) is 2.72. The van der Waals surface area contributed by atoms with E-state index in [0.717, 1.165) is 0 Å². The van der Waals surface area contributed by atoms with E-state index >= 15 is 0 Å². The Balaban J connectivity index is 1.62. The highest BCUT2D eigenvalue weighted by molar-refractivity contribution is 6.34. The average molecular weight is 380 g/mol. The van der Waals surface area contributed by atoms with Crippen LogP contribution in [0.2, 0.25) is 5.15 Å². The summed E-state index contributed by atoms with van der Waals surface area (Å²) in [5, 5.41) is 3.91. The van der Waals surface area contributed by atoms with Gasteiger partial charge in [-0.25, -0.2) is 14.8 Å². The van der Waals surface area contributed by atoms with Crippen LogP contribution >= 0.6 is 11.6 Å². The van der Waals surface area contributed by atoms with Crippen LogP contribution in [0.1, 0.15) is 33.6 Å². The molecule has 1 aliphatic rings. The van der Waals surface area contributed by atoms with Crippen LogP contribution < -0.4 is 14.8 Å². The summed E-state index contributed by atoms with van der Waals surface area (Å²) in [5.74, 6) is 1.16. The highest BCUT2D eigenvalue weighted by atomic mass is 35.5. The summed E-state index contributed by atoms with van der Waals surface area (Å²) < 4.78 is 16.7. The largest absolute Gasteiger partial charge is 0.493 e. The third-order valence-electron chi connectivity index (χ3n) is 3.98. The lowest BCUT2D eigenvalue weighted by molar-refractivity contribution is 0.0358. The highest BCUT2D eigenvalue weighted by Gasteiger charge is 2.34. The average Bonchev–Trinajstić information content (AvgIpc) is 2.51. The summed E-state index contributed by atoms with van der Waals surface area (Å²) in [4.78, 5) is 20.0. The van der Waals surface area contributed by atoms with E-state index in [1.165, 1.54) is 6.33 Å². The zero-order valence-corrected chi connectivity index (χ0v) is 16.0. The Hall–Kier alpha value is -2.28. The van der Waals surface area contributed by atoms with Gasteiger partial charge in [0.05, 0.1) is 12.6 Å². The van der Waals surface area contributed by atoms with Gasteiger partial charge in [-0.05, 0) is 26.8 Å². The SMILES string of the molecule is COc1cc2ncnc(Cl)c2cc1OC1CC(NC(=O)OC(C)(C)C)C1. The lowest BCUT2D eigenvalue weighted by atomic mass is 9.89. The summed E-state index contributed by atoms with van der Waals surface area (Å²) >= 11 is 6.13. The number of carbonyl (C=O) groups excluding carboxylic acids is 1. The predicted molar refractivity (Wildman–Crippen MR) is 97.9 cm³/mol. The van der Waals surface area contributed by atoms with Gasteiger partial charge in [0.1, 0.15) is 23.2 Å². The molecule has 0 aliphatic heterocycles. The number of fused-ring (bicyclic) bond motifs is 1. The van der Waals surface area contributed by atoms with Crippen LogP contribution in [0.25, 0.3) is 10.9 Å². The normalized spacial score (nSPS) is 19.6. The maximum absolute atomic E-state index is 11.8. The zero-order chi connectivity index (χ0) is 18.9. The first kappa shape index (κ1) is 18.5. The molecule has 1 N–H and O–H groups in total. The van der Waals surface area contributed by atoms with Crippen LogP contribution in [0.15, 0.2) is 18.5 Å². The van der Waals surface area contributed by atoms with E-state index in [1.54, 1.807) is 19.2 Å². The number of nitrogens with one attached hydrogen (secondary N) is 1. The van der Waals surface area contributed by atoms with Gasteiger partial charge < -0.3 is 19.5 Å². The molecule has 1 aromatic carbocycles. The minimum atomic E-state index is -0.510. The summed E-state index contributed by atoms with van der Waals surface area (Å²) in [6.07, 6.45) is 2.36. The molecule has 0 bridgehead atoms. The fraction of sp³-hybridized carbons (Fsp3) is 0.500. The maximum Gasteiger partial charge on any atom is 0.407 e. The molecule has 1 aliphatic carbocycles. The number of hydrogen-bond acceptors (Lipinski definition) is 6. The molecular weight excluding hydrogens is 358 g/mol. The lowest BCUT2D eigenvalue weighted by Crippen LogP contribution is -2.50. The number of alkyl carbamates (subject to hydrolysis) is 1. The first-order valence-electron chi connectivity index (χ1n) is 8.39. The van der Waals surface area contributed by atoms with Gasteiger partial charge >= 0.3 is 6.09 Å². The highest BCUT2D eigenvalue weighted by Crippen LogP contribution is 2.36. The summed E-state index contributed by atoms with van der Waals surface area (Å²) in [6, 6.07) is 3.59. The number of amides is 1. The number of ether oxygens (including phenoxy) is 3. The molecule has 140 valence electrons. The summed E-state index contributed by atoms with van der Waals surface area (Å²) in [6.45, 7) is 5.50. The van der Waals surface area contributed by atoms with E-state index in [9.17, 15) is 4.79 Å². The van der Waals surface area contributed by atoms with E-state index in [-0.39, 0.29) is 12.1 Å². The summed E-state index contributed by atoms with van der Waals surface area (Å²) in [5.41, 5.74) is 0.177. The van der Waals surface area contributed by atoms with Crippen molar-refractivity contribution in [1.82, 2.24) is 15.3 Å². The standard InChI is InChI=1S/C18H22ClN3O4/c1-18(2,3)26-17(23)22-10-5-11(6-10)25-15-7-12-13(8-14(15)24-4)20-9-21-16(12)19/h7-11H,5-6H2,1-4H3,(H,22,23). The Bertz CT molecular complexity index is 816. The van der Waals surface area contributed by atoms with Crippen LogP contribution in [0.4, 0.5) is 4.79 Å². The van der Waals surface area contributed by atoms with Crippen molar-refractivity contribution >= 4 is 28.6 Å². The molecule has 1 aromatic heterocycles. The maximum atomic E-state index is 11.8. The third kappa shape index (κ3) is 4.27. The predicted octanol–water partition coefficient (Wildman–Crippen LogP) is 3.73. The molecular formula is C18H22ClN3O4. The van der Waals surface area contributed by atoms with Crippen LogP contribution in [0.3, 0.4) is 0 Å². The number of aromatic nitrogens is 2. The van der Waals surface area contributed by atoms with Crippen LogP contribution in [-0.2, 0) is 4.74 Å². The Kier molecular flexibility index (Phi) is 5.09. The number of benzene rings is 1. The van der Waals surface area contributed by atoms with Crippen molar-refractivity contribution in [3.63, 3.8) is 0 Å². The number of carbonyl (C=O) groups is 1. The monoisotopic (exact) mass is 379 g/mol. The van der Waals surface area contributed by atoms with Crippen LogP contribution in [0.5, 0.6) is 11.5 Å². The van der Waals surface area contributed by atoms with Crippen LogP contribution in [0, 0.1) is 0 Å². The van der Waals surface area contributed by atoms with Crippen molar-refractivity contribution in [3.8, 4) is 11.5 Å². The Labute approximate surface area is 157 Å². The van der Waals surface area contributed by atoms with Gasteiger partial charge in [0, 0.05) is 30.3 Å². The number of nitrogens with zero attached hydrogens (tertiary/aromatic N) is 2. The van der Waals surface area contributed by atoms with Gasteiger partial charge in [-0.15, -0.1) is 0 Å². The molecule has 0 saturated heterocycles. The molecule has 2 aromatic rings. The van der Waals surface area contributed by atoms with Gasteiger partial charge in [-0.2, -0.15) is 0 Å². The Morgan fingerprint density at radius 3 is 2.62 bits per heavy atom. The van der Waals surface area contributed by atoms with E-state index < -0.39 is 11.7 Å². The molecule has 1 saturated carbocycles. The van der Waals surface area contributed by atoms with Crippen LogP contribution in [-0.4, -0.2) is 40.9 Å². The molecule has 8 heteroatoms. The molecule has 0 atom stereocenters.